The number of cyclic esters (lactones) is 1. The quantitative estimate of drug-likeness (QED) is 0.417. The second-order valence-electron chi connectivity index (χ2n) is 5.28. The Balaban J connectivity index is 2.36. The van der Waals surface area contributed by atoms with Crippen molar-refractivity contribution < 1.29 is 44.8 Å². The van der Waals surface area contributed by atoms with Crippen molar-refractivity contribution in [1.29, 1.82) is 0 Å². The number of halogens is 3. The maximum absolute atomic E-state index is 12.4. The predicted octanol–water partition coefficient (Wildman–Crippen LogP) is 0.688. The first-order valence-corrected chi connectivity index (χ1v) is 7.24. The van der Waals surface area contributed by atoms with Crippen LogP contribution in [0.2, 0.25) is 0 Å². The zero-order chi connectivity index (χ0) is 16.3. The van der Waals surface area contributed by atoms with Gasteiger partial charge in [-0.25, -0.2) is 8.98 Å². The van der Waals surface area contributed by atoms with E-state index in [1.807, 2.05) is 0 Å². The minimum atomic E-state index is -6.00. The molecular formula is C10H13F3O7S. The molecule has 0 spiro atoms. The highest BCUT2D eigenvalue weighted by Gasteiger charge is 2.64. The molecule has 0 amide bonds. The number of hydrogen-bond acceptors (Lipinski definition) is 7. The third kappa shape index (κ3) is 2.74. The SMILES string of the molecule is CC1(C)O[C@@H]2[C@@H](COC(=O)[C@@]2(C)OS(=O)(=O)C(F)(F)F)O1. The molecule has 0 aromatic rings. The van der Waals surface area contributed by atoms with E-state index in [1.54, 1.807) is 0 Å². The van der Waals surface area contributed by atoms with Crippen molar-refractivity contribution in [3.63, 3.8) is 0 Å². The average molecular weight is 334 g/mol. The van der Waals surface area contributed by atoms with Crippen LogP contribution in [0.3, 0.4) is 0 Å². The minimum absolute atomic E-state index is 0.266. The van der Waals surface area contributed by atoms with Crippen molar-refractivity contribution >= 4 is 16.1 Å². The molecule has 11 heteroatoms. The molecular weight excluding hydrogens is 321 g/mol. The van der Waals surface area contributed by atoms with E-state index in [0.717, 1.165) is 6.92 Å². The lowest BCUT2D eigenvalue weighted by atomic mass is 9.93. The Morgan fingerprint density at radius 2 is 1.81 bits per heavy atom. The van der Waals surface area contributed by atoms with Crippen molar-refractivity contribution in [3.05, 3.63) is 0 Å². The Hall–Kier alpha value is -0.910. The lowest BCUT2D eigenvalue weighted by molar-refractivity contribution is -0.191. The normalized spacial score (nSPS) is 36.2. The molecule has 0 aromatic carbocycles. The maximum Gasteiger partial charge on any atom is 0.523 e. The number of carbonyl (C=O) groups excluding carboxylic acids is 1. The van der Waals surface area contributed by atoms with Gasteiger partial charge in [0.2, 0.25) is 5.60 Å². The molecule has 2 rings (SSSR count). The minimum Gasteiger partial charge on any atom is -0.461 e. The molecule has 21 heavy (non-hydrogen) atoms. The fourth-order valence-electron chi connectivity index (χ4n) is 2.20. The Morgan fingerprint density at radius 3 is 2.33 bits per heavy atom. The van der Waals surface area contributed by atoms with Crippen molar-refractivity contribution in [2.75, 3.05) is 6.61 Å². The molecule has 0 aliphatic carbocycles. The van der Waals surface area contributed by atoms with Gasteiger partial charge in [0.25, 0.3) is 0 Å². The highest BCUT2D eigenvalue weighted by Crippen LogP contribution is 2.41. The summed E-state index contributed by atoms with van der Waals surface area (Å²) in [6, 6.07) is 0. The van der Waals surface area contributed by atoms with Gasteiger partial charge >= 0.3 is 21.6 Å². The van der Waals surface area contributed by atoms with Gasteiger partial charge in [-0.15, -0.1) is 0 Å². The Labute approximate surface area is 118 Å². The van der Waals surface area contributed by atoms with E-state index in [-0.39, 0.29) is 6.61 Å². The maximum atomic E-state index is 12.4. The van der Waals surface area contributed by atoms with Crippen molar-refractivity contribution in [2.24, 2.45) is 0 Å². The van der Waals surface area contributed by atoms with Crippen LogP contribution in [-0.4, -0.2) is 50.1 Å². The van der Waals surface area contributed by atoms with Crippen molar-refractivity contribution in [3.8, 4) is 0 Å². The molecule has 0 bridgehead atoms. The molecule has 0 unspecified atom stereocenters. The Morgan fingerprint density at radius 1 is 1.24 bits per heavy atom. The number of ether oxygens (including phenoxy) is 3. The molecule has 2 aliphatic rings. The highest BCUT2D eigenvalue weighted by atomic mass is 32.2. The third-order valence-electron chi connectivity index (χ3n) is 3.08. The molecule has 2 fully saturated rings. The molecule has 0 saturated carbocycles. The first-order valence-electron chi connectivity index (χ1n) is 5.83. The number of fused-ring (bicyclic) bond motifs is 1. The first-order chi connectivity index (χ1) is 9.29. The number of alkyl halides is 3. The lowest BCUT2D eigenvalue weighted by Gasteiger charge is -2.37. The van der Waals surface area contributed by atoms with Gasteiger partial charge in [0.05, 0.1) is 0 Å². The van der Waals surface area contributed by atoms with Gasteiger partial charge in [-0.05, 0) is 20.8 Å². The van der Waals surface area contributed by atoms with Crippen LogP contribution in [0.15, 0.2) is 0 Å². The van der Waals surface area contributed by atoms with Gasteiger partial charge in [0.15, 0.2) is 5.79 Å². The zero-order valence-electron chi connectivity index (χ0n) is 11.3. The molecule has 122 valence electrons. The zero-order valence-corrected chi connectivity index (χ0v) is 12.1. The largest absolute Gasteiger partial charge is 0.523 e. The van der Waals surface area contributed by atoms with Gasteiger partial charge in [-0.3, -0.25) is 0 Å². The van der Waals surface area contributed by atoms with Crippen LogP contribution in [0.5, 0.6) is 0 Å². The van der Waals surface area contributed by atoms with Gasteiger partial charge in [-0.2, -0.15) is 21.6 Å². The molecule has 0 N–H and O–H groups in total. The van der Waals surface area contributed by atoms with E-state index < -0.39 is 45.2 Å². The van der Waals surface area contributed by atoms with E-state index in [1.165, 1.54) is 13.8 Å². The molecule has 0 radical (unpaired) electrons. The second kappa shape index (κ2) is 4.54. The van der Waals surface area contributed by atoms with E-state index in [4.69, 9.17) is 9.47 Å². The summed E-state index contributed by atoms with van der Waals surface area (Å²) in [5.74, 6) is -2.48. The first kappa shape index (κ1) is 16.5. The standard InChI is InChI=1S/C10H13F3O7S/c1-8(2)18-5-4-17-7(14)9(3,6(5)19-8)20-21(15,16)10(11,12)13/h5-6H,4H2,1-3H3/t5-,6-,9+/m1/s1. The van der Waals surface area contributed by atoms with E-state index in [0.29, 0.717) is 0 Å². The summed E-state index contributed by atoms with van der Waals surface area (Å²) < 4.78 is 79.1. The summed E-state index contributed by atoms with van der Waals surface area (Å²) in [5.41, 5.74) is -8.15. The molecule has 2 heterocycles. The van der Waals surface area contributed by atoms with Crippen LogP contribution >= 0.6 is 0 Å². The monoisotopic (exact) mass is 334 g/mol. The molecule has 3 atom stereocenters. The van der Waals surface area contributed by atoms with Gasteiger partial charge in [-0.1, -0.05) is 0 Å². The third-order valence-corrected chi connectivity index (χ3v) is 4.21. The highest BCUT2D eigenvalue weighted by molar-refractivity contribution is 7.87. The van der Waals surface area contributed by atoms with Crippen molar-refractivity contribution in [1.82, 2.24) is 0 Å². The summed E-state index contributed by atoms with van der Waals surface area (Å²) in [7, 11) is -6.00. The summed E-state index contributed by atoms with van der Waals surface area (Å²) >= 11 is 0. The second-order valence-corrected chi connectivity index (χ2v) is 6.82. The fourth-order valence-corrected chi connectivity index (χ4v) is 2.91. The van der Waals surface area contributed by atoms with Crippen LogP contribution in [-0.2, 0) is 33.3 Å². The van der Waals surface area contributed by atoms with Gasteiger partial charge < -0.3 is 14.2 Å². The van der Waals surface area contributed by atoms with Crippen LogP contribution in [0.25, 0.3) is 0 Å². The van der Waals surface area contributed by atoms with Crippen molar-refractivity contribution in [2.45, 2.75) is 49.9 Å². The fraction of sp³-hybridized carbons (Fsp3) is 0.900. The molecule has 7 nitrogen and oxygen atoms in total. The van der Waals surface area contributed by atoms with Crippen LogP contribution < -0.4 is 0 Å². The summed E-state index contributed by atoms with van der Waals surface area (Å²) in [6.45, 7) is 3.53. The lowest BCUT2D eigenvalue weighted by Crippen LogP contribution is -2.60. The van der Waals surface area contributed by atoms with Gasteiger partial charge in [0.1, 0.15) is 18.8 Å². The smallest absolute Gasteiger partial charge is 0.461 e. The summed E-state index contributed by atoms with van der Waals surface area (Å²) in [5, 5.41) is 0. The van der Waals surface area contributed by atoms with E-state index >= 15 is 0 Å². The topological polar surface area (TPSA) is 88.1 Å². The summed E-state index contributed by atoms with van der Waals surface area (Å²) in [6.07, 6.45) is -2.27. The van der Waals surface area contributed by atoms with E-state index in [9.17, 15) is 26.4 Å². The molecule has 2 saturated heterocycles. The molecule has 2 aliphatic heterocycles. The number of hydrogen-bond donors (Lipinski definition) is 0. The Kier molecular flexibility index (Phi) is 3.56. The average Bonchev–Trinajstić information content (AvgIpc) is 2.58. The summed E-state index contributed by atoms with van der Waals surface area (Å²) in [4.78, 5) is 11.8. The number of rotatable bonds is 2. The molecule has 0 aromatic heterocycles. The van der Waals surface area contributed by atoms with Gasteiger partial charge in [0, 0.05) is 0 Å². The number of carbonyl (C=O) groups is 1. The van der Waals surface area contributed by atoms with E-state index in [2.05, 4.69) is 8.92 Å². The van der Waals surface area contributed by atoms with Crippen LogP contribution in [0.4, 0.5) is 13.2 Å². The Bertz CT molecular complexity index is 555. The number of esters is 1. The van der Waals surface area contributed by atoms with Crippen LogP contribution in [0.1, 0.15) is 20.8 Å². The predicted molar refractivity (Wildman–Crippen MR) is 59.2 cm³/mol. The van der Waals surface area contributed by atoms with Crippen LogP contribution in [0, 0.1) is 0 Å².